The number of benzene rings is 1. The van der Waals surface area contributed by atoms with Crippen LogP contribution < -0.4 is 4.74 Å². The lowest BCUT2D eigenvalue weighted by Crippen LogP contribution is -2.08. The molecule has 84 valence electrons. The third-order valence-corrected chi connectivity index (χ3v) is 4.09. The molecule has 2 nitrogen and oxygen atoms in total. The van der Waals surface area contributed by atoms with Crippen molar-refractivity contribution in [2.75, 3.05) is 18.6 Å². The van der Waals surface area contributed by atoms with Crippen molar-refractivity contribution in [3.05, 3.63) is 29.3 Å². The van der Waals surface area contributed by atoms with Crippen LogP contribution in [0.3, 0.4) is 0 Å². The van der Waals surface area contributed by atoms with Gasteiger partial charge in [-0.3, -0.25) is 0 Å². The van der Waals surface area contributed by atoms with Crippen LogP contribution in [0.15, 0.2) is 18.2 Å². The molecule has 1 heterocycles. The van der Waals surface area contributed by atoms with Gasteiger partial charge in [0.25, 0.3) is 0 Å². The van der Waals surface area contributed by atoms with Gasteiger partial charge in [-0.15, -0.1) is 0 Å². The first kappa shape index (κ1) is 11.3. The van der Waals surface area contributed by atoms with Gasteiger partial charge in [0.05, 0.1) is 12.7 Å². The molecule has 0 bridgehead atoms. The van der Waals surface area contributed by atoms with Crippen LogP contribution in [0.5, 0.6) is 5.75 Å². The van der Waals surface area contributed by atoms with Crippen molar-refractivity contribution < 1.29 is 4.74 Å². The van der Waals surface area contributed by atoms with Crippen LogP contribution in [0, 0.1) is 11.3 Å². The Labute approximate surface area is 101 Å². The Morgan fingerprint density at radius 1 is 1.38 bits per heavy atom. The Hall–Kier alpha value is -1.14. The standard InChI is InChI=1S/C13H15NOS/c1-15-13-3-2-11(8-12(13)9-14)10-4-6-16-7-5-10/h2-3,8,10H,4-7H2,1H3. The fourth-order valence-corrected chi connectivity index (χ4v) is 3.20. The van der Waals surface area contributed by atoms with Crippen LogP contribution >= 0.6 is 11.8 Å². The first-order chi connectivity index (χ1) is 7.85. The first-order valence-electron chi connectivity index (χ1n) is 5.51. The summed E-state index contributed by atoms with van der Waals surface area (Å²) in [6.07, 6.45) is 2.45. The number of methoxy groups -OCH3 is 1. The quantitative estimate of drug-likeness (QED) is 0.786. The normalized spacial score (nSPS) is 16.8. The zero-order valence-electron chi connectivity index (χ0n) is 9.40. The molecule has 3 heteroatoms. The van der Waals surface area contributed by atoms with E-state index in [0.717, 1.165) is 0 Å². The maximum Gasteiger partial charge on any atom is 0.136 e. The van der Waals surface area contributed by atoms with Crippen LogP contribution in [0.4, 0.5) is 0 Å². The fraction of sp³-hybridized carbons (Fsp3) is 0.462. The summed E-state index contributed by atoms with van der Waals surface area (Å²) in [5, 5.41) is 9.04. The molecular weight excluding hydrogens is 218 g/mol. The average molecular weight is 233 g/mol. The van der Waals surface area contributed by atoms with Crippen molar-refractivity contribution in [1.29, 1.82) is 5.26 Å². The monoisotopic (exact) mass is 233 g/mol. The average Bonchev–Trinajstić information content (AvgIpc) is 2.39. The van der Waals surface area contributed by atoms with E-state index in [9.17, 15) is 0 Å². The summed E-state index contributed by atoms with van der Waals surface area (Å²) in [6, 6.07) is 8.19. The Balaban J connectivity index is 2.25. The SMILES string of the molecule is COc1ccc(C2CCSCC2)cc1C#N. The van der Waals surface area contributed by atoms with Crippen LogP contribution in [0.1, 0.15) is 29.9 Å². The molecule has 0 aromatic heterocycles. The Bertz CT molecular complexity index is 405. The molecule has 0 saturated carbocycles. The molecule has 0 radical (unpaired) electrons. The van der Waals surface area contributed by atoms with E-state index < -0.39 is 0 Å². The zero-order chi connectivity index (χ0) is 11.4. The topological polar surface area (TPSA) is 33.0 Å². The van der Waals surface area contributed by atoms with E-state index in [4.69, 9.17) is 10.00 Å². The lowest BCUT2D eigenvalue weighted by atomic mass is 9.92. The van der Waals surface area contributed by atoms with E-state index >= 15 is 0 Å². The van der Waals surface area contributed by atoms with Gasteiger partial charge in [-0.1, -0.05) is 6.07 Å². The number of hydrogen-bond acceptors (Lipinski definition) is 3. The summed E-state index contributed by atoms with van der Waals surface area (Å²) in [7, 11) is 1.60. The summed E-state index contributed by atoms with van der Waals surface area (Å²) in [5.74, 6) is 3.77. The third-order valence-electron chi connectivity index (χ3n) is 3.04. The van der Waals surface area contributed by atoms with E-state index in [-0.39, 0.29) is 0 Å². The number of rotatable bonds is 2. The van der Waals surface area contributed by atoms with Crippen molar-refractivity contribution in [3.8, 4) is 11.8 Å². The molecule has 0 unspecified atom stereocenters. The highest BCUT2D eigenvalue weighted by molar-refractivity contribution is 7.99. The lowest BCUT2D eigenvalue weighted by Gasteiger charge is -2.22. The summed E-state index contributed by atoms with van der Waals surface area (Å²) in [4.78, 5) is 0. The maximum atomic E-state index is 9.04. The summed E-state index contributed by atoms with van der Waals surface area (Å²) >= 11 is 2.02. The minimum absolute atomic E-state index is 0.624. The largest absolute Gasteiger partial charge is 0.495 e. The predicted octanol–water partition coefficient (Wildman–Crippen LogP) is 3.18. The van der Waals surface area contributed by atoms with Gasteiger partial charge in [-0.05, 0) is 48.0 Å². The van der Waals surface area contributed by atoms with Gasteiger partial charge in [0, 0.05) is 0 Å². The van der Waals surface area contributed by atoms with E-state index in [1.165, 1.54) is 29.9 Å². The van der Waals surface area contributed by atoms with Crippen molar-refractivity contribution in [2.45, 2.75) is 18.8 Å². The second-order valence-electron chi connectivity index (χ2n) is 3.96. The van der Waals surface area contributed by atoms with Gasteiger partial charge in [0.2, 0.25) is 0 Å². The third kappa shape index (κ3) is 2.33. The van der Waals surface area contributed by atoms with Crippen LogP contribution in [-0.2, 0) is 0 Å². The number of nitrogens with zero attached hydrogens (tertiary/aromatic N) is 1. The molecular formula is C13H15NOS. The molecule has 0 N–H and O–H groups in total. The highest BCUT2D eigenvalue weighted by atomic mass is 32.2. The van der Waals surface area contributed by atoms with Gasteiger partial charge in [-0.2, -0.15) is 17.0 Å². The highest BCUT2D eigenvalue weighted by Gasteiger charge is 2.17. The van der Waals surface area contributed by atoms with E-state index in [0.29, 0.717) is 17.2 Å². The number of thioether (sulfide) groups is 1. The van der Waals surface area contributed by atoms with Crippen molar-refractivity contribution in [3.63, 3.8) is 0 Å². The number of ether oxygens (including phenoxy) is 1. The van der Waals surface area contributed by atoms with Gasteiger partial charge >= 0.3 is 0 Å². The number of hydrogen-bond donors (Lipinski definition) is 0. The molecule has 1 saturated heterocycles. The Kier molecular flexibility index (Phi) is 3.74. The van der Waals surface area contributed by atoms with Gasteiger partial charge in [0.1, 0.15) is 11.8 Å². The van der Waals surface area contributed by atoms with Crippen molar-refractivity contribution in [2.24, 2.45) is 0 Å². The van der Waals surface area contributed by atoms with Gasteiger partial charge in [0.15, 0.2) is 0 Å². The Morgan fingerprint density at radius 2 is 2.12 bits per heavy atom. The second kappa shape index (κ2) is 5.27. The number of nitriles is 1. The van der Waals surface area contributed by atoms with Crippen LogP contribution in [0.25, 0.3) is 0 Å². The van der Waals surface area contributed by atoms with E-state index in [1.807, 2.05) is 23.9 Å². The first-order valence-corrected chi connectivity index (χ1v) is 6.66. The fourth-order valence-electron chi connectivity index (χ4n) is 2.10. The van der Waals surface area contributed by atoms with Crippen LogP contribution in [-0.4, -0.2) is 18.6 Å². The molecule has 1 aliphatic rings. The molecule has 1 aromatic carbocycles. The van der Waals surface area contributed by atoms with Gasteiger partial charge in [-0.25, -0.2) is 0 Å². The molecule has 1 fully saturated rings. The highest BCUT2D eigenvalue weighted by Crippen LogP contribution is 2.33. The van der Waals surface area contributed by atoms with Crippen molar-refractivity contribution in [1.82, 2.24) is 0 Å². The second-order valence-corrected chi connectivity index (χ2v) is 5.18. The summed E-state index contributed by atoms with van der Waals surface area (Å²) < 4.78 is 5.15. The smallest absolute Gasteiger partial charge is 0.136 e. The molecule has 2 rings (SSSR count). The van der Waals surface area contributed by atoms with Crippen molar-refractivity contribution >= 4 is 11.8 Å². The maximum absolute atomic E-state index is 9.04. The minimum atomic E-state index is 0.624. The minimum Gasteiger partial charge on any atom is -0.495 e. The Morgan fingerprint density at radius 3 is 2.75 bits per heavy atom. The van der Waals surface area contributed by atoms with E-state index in [1.54, 1.807) is 7.11 Å². The molecule has 16 heavy (non-hydrogen) atoms. The molecule has 0 aliphatic carbocycles. The molecule has 1 aliphatic heterocycles. The molecule has 1 aromatic rings. The summed E-state index contributed by atoms with van der Waals surface area (Å²) in [6.45, 7) is 0. The van der Waals surface area contributed by atoms with Gasteiger partial charge < -0.3 is 4.74 Å². The van der Waals surface area contributed by atoms with Crippen LogP contribution in [0.2, 0.25) is 0 Å². The molecule has 0 spiro atoms. The predicted molar refractivity (Wildman–Crippen MR) is 67.0 cm³/mol. The van der Waals surface area contributed by atoms with E-state index in [2.05, 4.69) is 12.1 Å². The molecule has 0 atom stereocenters. The zero-order valence-corrected chi connectivity index (χ0v) is 10.2. The lowest BCUT2D eigenvalue weighted by molar-refractivity contribution is 0.413. The summed E-state index contributed by atoms with van der Waals surface area (Å²) in [5.41, 5.74) is 1.94. The molecule has 0 amide bonds.